The second-order valence-electron chi connectivity index (χ2n) is 5.92. The number of carbonyl (C=O) groups is 1. The molecule has 1 unspecified atom stereocenters. The number of benzene rings is 1. The average Bonchev–Trinajstić information content (AvgIpc) is 2.57. The van der Waals surface area contributed by atoms with Gasteiger partial charge in [-0.05, 0) is 18.6 Å². The Balaban J connectivity index is 1.70. The van der Waals surface area contributed by atoms with E-state index < -0.39 is 11.6 Å². The Morgan fingerprint density at radius 2 is 2.00 bits per heavy atom. The zero-order valence-electron chi connectivity index (χ0n) is 13.9. The smallest absolute Gasteiger partial charge is 0.226 e. The van der Waals surface area contributed by atoms with E-state index in [9.17, 15) is 18.7 Å². The minimum Gasteiger partial charge on any atom is -0.490 e. The van der Waals surface area contributed by atoms with Crippen molar-refractivity contribution in [3.63, 3.8) is 0 Å². The largest absolute Gasteiger partial charge is 0.490 e. The maximum Gasteiger partial charge on any atom is 0.226 e. The van der Waals surface area contributed by atoms with E-state index in [1.54, 1.807) is 4.90 Å². The molecule has 1 aromatic carbocycles. The summed E-state index contributed by atoms with van der Waals surface area (Å²) in [4.78, 5) is 16.0. The van der Waals surface area contributed by atoms with E-state index in [0.29, 0.717) is 19.6 Å². The standard InChI is InChI=1S/C17H24F2N2O3/c1-2-14(22)12-20-6-8-21(9-7-20)17(23)5-10-24-16-4-3-13(18)11-15(16)19/h3-4,11,14,22H,2,5-10,12H2,1H3. The molecule has 0 bridgehead atoms. The number of rotatable bonds is 7. The molecular formula is C17H24F2N2O3. The molecule has 0 aromatic heterocycles. The molecule has 1 saturated heterocycles. The number of carbonyl (C=O) groups excluding carboxylic acids is 1. The Bertz CT molecular complexity index is 549. The molecular weight excluding hydrogens is 318 g/mol. The number of hydrogen-bond acceptors (Lipinski definition) is 4. The molecule has 1 heterocycles. The lowest BCUT2D eigenvalue weighted by Crippen LogP contribution is -2.50. The summed E-state index contributed by atoms with van der Waals surface area (Å²) in [5.74, 6) is -1.54. The van der Waals surface area contributed by atoms with Crippen LogP contribution in [-0.2, 0) is 4.79 Å². The van der Waals surface area contributed by atoms with Crippen molar-refractivity contribution in [1.82, 2.24) is 9.80 Å². The predicted octanol–water partition coefficient (Wildman–Crippen LogP) is 1.65. The zero-order chi connectivity index (χ0) is 17.5. The zero-order valence-corrected chi connectivity index (χ0v) is 13.9. The lowest BCUT2D eigenvalue weighted by molar-refractivity contribution is -0.133. The van der Waals surface area contributed by atoms with Gasteiger partial charge in [-0.15, -0.1) is 0 Å². The second-order valence-corrected chi connectivity index (χ2v) is 5.92. The van der Waals surface area contributed by atoms with E-state index in [-0.39, 0.29) is 30.8 Å². The number of hydrogen-bond donors (Lipinski definition) is 1. The van der Waals surface area contributed by atoms with Gasteiger partial charge in [0.15, 0.2) is 11.6 Å². The molecule has 1 fully saturated rings. The van der Waals surface area contributed by atoms with Crippen LogP contribution in [0, 0.1) is 11.6 Å². The molecule has 1 atom stereocenters. The van der Waals surface area contributed by atoms with Gasteiger partial charge in [0.2, 0.25) is 5.91 Å². The number of β-amino-alcohol motifs (C(OH)–C–C–N with tert-alkyl or cyclic N) is 1. The summed E-state index contributed by atoms with van der Waals surface area (Å²) in [5, 5.41) is 9.66. The summed E-state index contributed by atoms with van der Waals surface area (Å²) in [5.41, 5.74) is 0. The third-order valence-corrected chi connectivity index (χ3v) is 4.13. The monoisotopic (exact) mass is 342 g/mol. The van der Waals surface area contributed by atoms with Crippen LogP contribution in [-0.4, -0.2) is 66.2 Å². The summed E-state index contributed by atoms with van der Waals surface area (Å²) in [7, 11) is 0. The molecule has 1 N–H and O–H groups in total. The Morgan fingerprint density at radius 3 is 2.62 bits per heavy atom. The maximum absolute atomic E-state index is 13.4. The van der Waals surface area contributed by atoms with Crippen LogP contribution in [0.4, 0.5) is 8.78 Å². The topological polar surface area (TPSA) is 53.0 Å². The molecule has 1 aromatic rings. The van der Waals surface area contributed by atoms with Gasteiger partial charge < -0.3 is 14.7 Å². The first-order chi connectivity index (χ1) is 11.5. The normalized spacial score (nSPS) is 16.9. The van der Waals surface area contributed by atoms with Gasteiger partial charge in [-0.1, -0.05) is 6.92 Å². The van der Waals surface area contributed by atoms with Crippen LogP contribution >= 0.6 is 0 Å². The highest BCUT2D eigenvalue weighted by molar-refractivity contribution is 5.76. The van der Waals surface area contributed by atoms with Crippen LogP contribution in [0.5, 0.6) is 5.75 Å². The molecule has 1 amide bonds. The number of halogens is 2. The van der Waals surface area contributed by atoms with Crippen molar-refractivity contribution in [2.45, 2.75) is 25.9 Å². The van der Waals surface area contributed by atoms with E-state index >= 15 is 0 Å². The van der Waals surface area contributed by atoms with E-state index in [4.69, 9.17) is 4.74 Å². The van der Waals surface area contributed by atoms with Crippen LogP contribution in [0.2, 0.25) is 0 Å². The second kappa shape index (κ2) is 8.94. The first-order valence-corrected chi connectivity index (χ1v) is 8.25. The highest BCUT2D eigenvalue weighted by atomic mass is 19.1. The highest BCUT2D eigenvalue weighted by Crippen LogP contribution is 2.17. The van der Waals surface area contributed by atoms with Gasteiger partial charge in [-0.25, -0.2) is 8.78 Å². The quantitative estimate of drug-likeness (QED) is 0.819. The van der Waals surface area contributed by atoms with Gasteiger partial charge in [0.05, 0.1) is 19.1 Å². The van der Waals surface area contributed by atoms with Crippen LogP contribution in [0.25, 0.3) is 0 Å². The molecule has 24 heavy (non-hydrogen) atoms. The lowest BCUT2D eigenvalue weighted by atomic mass is 10.2. The number of piperazine rings is 1. The van der Waals surface area contributed by atoms with Crippen molar-refractivity contribution in [1.29, 1.82) is 0 Å². The Hall–Kier alpha value is -1.73. The maximum atomic E-state index is 13.4. The SMILES string of the molecule is CCC(O)CN1CCN(C(=O)CCOc2ccc(F)cc2F)CC1. The summed E-state index contributed by atoms with van der Waals surface area (Å²) in [6.07, 6.45) is 0.538. The van der Waals surface area contributed by atoms with Crippen LogP contribution in [0.3, 0.4) is 0 Å². The summed E-state index contributed by atoms with van der Waals surface area (Å²) in [6, 6.07) is 3.08. The fourth-order valence-corrected chi connectivity index (χ4v) is 2.61. The molecule has 5 nitrogen and oxygen atoms in total. The van der Waals surface area contributed by atoms with Gasteiger partial charge in [-0.3, -0.25) is 9.69 Å². The molecule has 7 heteroatoms. The van der Waals surface area contributed by atoms with Gasteiger partial charge in [0, 0.05) is 38.8 Å². The van der Waals surface area contributed by atoms with Crippen molar-refractivity contribution >= 4 is 5.91 Å². The molecule has 0 spiro atoms. The fraction of sp³-hybridized carbons (Fsp3) is 0.588. The number of amides is 1. The Labute approximate surface area is 140 Å². The van der Waals surface area contributed by atoms with Crippen LogP contribution in [0.1, 0.15) is 19.8 Å². The predicted molar refractivity (Wildman–Crippen MR) is 85.8 cm³/mol. The van der Waals surface area contributed by atoms with E-state index in [2.05, 4.69) is 4.90 Å². The van der Waals surface area contributed by atoms with E-state index in [1.807, 2.05) is 6.92 Å². The van der Waals surface area contributed by atoms with E-state index in [0.717, 1.165) is 31.6 Å². The van der Waals surface area contributed by atoms with Gasteiger partial charge in [0.1, 0.15) is 5.82 Å². The Morgan fingerprint density at radius 1 is 1.29 bits per heavy atom. The van der Waals surface area contributed by atoms with Crippen molar-refractivity contribution in [3.8, 4) is 5.75 Å². The summed E-state index contributed by atoms with van der Waals surface area (Å²) in [6.45, 7) is 5.31. The average molecular weight is 342 g/mol. The van der Waals surface area contributed by atoms with E-state index in [1.165, 1.54) is 6.07 Å². The lowest BCUT2D eigenvalue weighted by Gasteiger charge is -2.35. The molecule has 2 rings (SSSR count). The van der Waals surface area contributed by atoms with Crippen molar-refractivity contribution in [3.05, 3.63) is 29.8 Å². The first kappa shape index (κ1) is 18.6. The third-order valence-electron chi connectivity index (χ3n) is 4.13. The first-order valence-electron chi connectivity index (χ1n) is 8.25. The summed E-state index contributed by atoms with van der Waals surface area (Å²) >= 11 is 0. The highest BCUT2D eigenvalue weighted by Gasteiger charge is 2.22. The van der Waals surface area contributed by atoms with Crippen molar-refractivity contribution in [2.75, 3.05) is 39.3 Å². The van der Waals surface area contributed by atoms with Gasteiger partial charge in [-0.2, -0.15) is 0 Å². The molecule has 1 aliphatic rings. The van der Waals surface area contributed by atoms with Gasteiger partial charge >= 0.3 is 0 Å². The third kappa shape index (κ3) is 5.42. The fourth-order valence-electron chi connectivity index (χ4n) is 2.61. The minimum atomic E-state index is -0.773. The van der Waals surface area contributed by atoms with Crippen LogP contribution < -0.4 is 4.74 Å². The molecule has 0 radical (unpaired) electrons. The van der Waals surface area contributed by atoms with Gasteiger partial charge in [0.25, 0.3) is 0 Å². The molecule has 0 aliphatic carbocycles. The van der Waals surface area contributed by atoms with Crippen LogP contribution in [0.15, 0.2) is 18.2 Å². The van der Waals surface area contributed by atoms with Crippen molar-refractivity contribution in [2.24, 2.45) is 0 Å². The number of ether oxygens (including phenoxy) is 1. The number of aliphatic hydroxyl groups excluding tert-OH is 1. The molecule has 134 valence electrons. The molecule has 0 saturated carbocycles. The molecule has 1 aliphatic heterocycles. The number of aliphatic hydroxyl groups is 1. The Kier molecular flexibility index (Phi) is 6.93. The number of nitrogens with zero attached hydrogens (tertiary/aromatic N) is 2. The summed E-state index contributed by atoms with van der Waals surface area (Å²) < 4.78 is 31.4. The minimum absolute atomic E-state index is 0.0480. The van der Waals surface area contributed by atoms with Crippen molar-refractivity contribution < 1.29 is 23.4 Å².